The van der Waals surface area contributed by atoms with Crippen LogP contribution in [0.4, 0.5) is 10.1 Å². The standard InChI is InChI=1S/C15H14FNO3/c1-10(20-12-8-6-11(16)7-9-12)15(19)17-13-4-2-3-5-14(13)18/h2-10,18H,1H3,(H,17,19)/t10-/m1/s1. The summed E-state index contributed by atoms with van der Waals surface area (Å²) in [7, 11) is 0. The molecule has 0 spiro atoms. The van der Waals surface area contributed by atoms with Gasteiger partial charge < -0.3 is 15.2 Å². The fourth-order valence-electron chi connectivity index (χ4n) is 1.58. The molecule has 2 N–H and O–H groups in total. The van der Waals surface area contributed by atoms with Crippen molar-refractivity contribution in [1.29, 1.82) is 0 Å². The number of amides is 1. The molecule has 0 fully saturated rings. The van der Waals surface area contributed by atoms with Crippen molar-refractivity contribution >= 4 is 11.6 Å². The maximum atomic E-state index is 12.8. The normalized spacial score (nSPS) is 11.7. The van der Waals surface area contributed by atoms with Gasteiger partial charge in [-0.15, -0.1) is 0 Å². The van der Waals surface area contributed by atoms with Crippen LogP contribution in [0.1, 0.15) is 6.92 Å². The molecule has 2 rings (SSSR count). The van der Waals surface area contributed by atoms with Gasteiger partial charge in [-0.05, 0) is 43.3 Å². The van der Waals surface area contributed by atoms with Gasteiger partial charge in [0, 0.05) is 0 Å². The lowest BCUT2D eigenvalue weighted by atomic mass is 10.2. The number of anilines is 1. The minimum atomic E-state index is -0.778. The van der Waals surface area contributed by atoms with E-state index in [0.29, 0.717) is 11.4 Å². The third-order valence-corrected chi connectivity index (χ3v) is 2.66. The summed E-state index contributed by atoms with van der Waals surface area (Å²) in [5.41, 5.74) is 0.312. The van der Waals surface area contributed by atoms with Gasteiger partial charge in [-0.3, -0.25) is 4.79 Å². The van der Waals surface area contributed by atoms with Gasteiger partial charge in [-0.25, -0.2) is 4.39 Å². The molecule has 0 saturated heterocycles. The van der Waals surface area contributed by atoms with Crippen LogP contribution in [-0.2, 0) is 4.79 Å². The van der Waals surface area contributed by atoms with Crippen molar-refractivity contribution in [3.63, 3.8) is 0 Å². The van der Waals surface area contributed by atoms with Crippen molar-refractivity contribution in [3.05, 3.63) is 54.3 Å². The first-order valence-electron chi connectivity index (χ1n) is 6.07. The predicted molar refractivity (Wildman–Crippen MR) is 73.2 cm³/mol. The van der Waals surface area contributed by atoms with E-state index in [-0.39, 0.29) is 11.6 Å². The fourth-order valence-corrected chi connectivity index (χ4v) is 1.58. The van der Waals surface area contributed by atoms with Gasteiger partial charge in [0.25, 0.3) is 5.91 Å². The average molecular weight is 275 g/mol. The largest absolute Gasteiger partial charge is 0.506 e. The summed E-state index contributed by atoms with van der Waals surface area (Å²) >= 11 is 0. The van der Waals surface area contributed by atoms with Crippen LogP contribution in [0.2, 0.25) is 0 Å². The molecule has 0 aromatic heterocycles. The van der Waals surface area contributed by atoms with E-state index in [0.717, 1.165) is 0 Å². The molecule has 0 unspecified atom stereocenters. The van der Waals surface area contributed by atoms with Gasteiger partial charge in [-0.2, -0.15) is 0 Å². The lowest BCUT2D eigenvalue weighted by Crippen LogP contribution is -2.30. The third kappa shape index (κ3) is 3.47. The maximum Gasteiger partial charge on any atom is 0.265 e. The van der Waals surface area contributed by atoms with Crippen LogP contribution in [0.3, 0.4) is 0 Å². The number of carbonyl (C=O) groups is 1. The Morgan fingerprint density at radius 3 is 2.50 bits per heavy atom. The number of nitrogens with one attached hydrogen (secondary N) is 1. The predicted octanol–water partition coefficient (Wildman–Crippen LogP) is 2.94. The summed E-state index contributed by atoms with van der Waals surface area (Å²) < 4.78 is 18.1. The molecule has 0 aliphatic heterocycles. The van der Waals surface area contributed by atoms with Crippen LogP contribution >= 0.6 is 0 Å². The van der Waals surface area contributed by atoms with Crippen molar-refractivity contribution in [1.82, 2.24) is 0 Å². The Morgan fingerprint density at radius 1 is 1.20 bits per heavy atom. The van der Waals surface area contributed by atoms with Crippen LogP contribution in [-0.4, -0.2) is 17.1 Å². The summed E-state index contributed by atoms with van der Waals surface area (Å²) in [6, 6.07) is 11.8. The second-order valence-electron chi connectivity index (χ2n) is 4.22. The Hall–Kier alpha value is -2.56. The molecule has 1 amide bonds. The van der Waals surface area contributed by atoms with Crippen LogP contribution in [0.15, 0.2) is 48.5 Å². The van der Waals surface area contributed by atoms with Gasteiger partial charge in [0.1, 0.15) is 17.3 Å². The maximum absolute atomic E-state index is 12.8. The Kier molecular flexibility index (Phi) is 4.20. The number of phenols is 1. The Bertz CT molecular complexity index is 598. The van der Waals surface area contributed by atoms with E-state index in [1.165, 1.54) is 30.3 Å². The molecular formula is C15H14FNO3. The number of hydrogen-bond donors (Lipinski definition) is 2. The van der Waals surface area contributed by atoms with Crippen molar-refractivity contribution in [2.45, 2.75) is 13.0 Å². The molecule has 4 nitrogen and oxygen atoms in total. The van der Waals surface area contributed by atoms with Gasteiger partial charge in [0.2, 0.25) is 0 Å². The minimum absolute atomic E-state index is 0.0187. The van der Waals surface area contributed by atoms with E-state index in [4.69, 9.17) is 4.74 Å². The van der Waals surface area contributed by atoms with Crippen molar-refractivity contribution in [2.24, 2.45) is 0 Å². The van der Waals surface area contributed by atoms with Gasteiger partial charge in [-0.1, -0.05) is 12.1 Å². The summed E-state index contributed by atoms with van der Waals surface area (Å²) in [5, 5.41) is 12.1. The highest BCUT2D eigenvalue weighted by molar-refractivity contribution is 5.95. The van der Waals surface area contributed by atoms with Crippen LogP contribution in [0.5, 0.6) is 11.5 Å². The van der Waals surface area contributed by atoms with Gasteiger partial charge in [0.05, 0.1) is 5.69 Å². The number of benzene rings is 2. The Morgan fingerprint density at radius 2 is 1.85 bits per heavy atom. The molecule has 1 atom stereocenters. The second kappa shape index (κ2) is 6.06. The Balaban J connectivity index is 1.99. The van der Waals surface area contributed by atoms with E-state index in [1.807, 2.05) is 0 Å². The molecule has 2 aromatic carbocycles. The smallest absolute Gasteiger partial charge is 0.265 e. The number of ether oxygens (including phenoxy) is 1. The van der Waals surface area contributed by atoms with E-state index in [1.54, 1.807) is 25.1 Å². The third-order valence-electron chi connectivity index (χ3n) is 2.66. The summed E-state index contributed by atoms with van der Waals surface area (Å²) in [4.78, 5) is 11.9. The molecule has 0 saturated carbocycles. The second-order valence-corrected chi connectivity index (χ2v) is 4.22. The molecule has 20 heavy (non-hydrogen) atoms. The molecule has 104 valence electrons. The zero-order valence-corrected chi connectivity index (χ0v) is 10.8. The molecule has 0 aliphatic rings. The molecule has 5 heteroatoms. The highest BCUT2D eigenvalue weighted by atomic mass is 19.1. The molecule has 0 radical (unpaired) electrons. The van der Waals surface area contributed by atoms with Crippen molar-refractivity contribution in [2.75, 3.05) is 5.32 Å². The molecule has 0 bridgehead atoms. The van der Waals surface area contributed by atoms with E-state index in [2.05, 4.69) is 5.32 Å². The first kappa shape index (κ1) is 13.9. The van der Waals surface area contributed by atoms with Crippen LogP contribution in [0.25, 0.3) is 0 Å². The number of para-hydroxylation sites is 2. The number of carbonyl (C=O) groups excluding carboxylic acids is 1. The monoisotopic (exact) mass is 275 g/mol. The van der Waals surface area contributed by atoms with Crippen molar-refractivity contribution in [3.8, 4) is 11.5 Å². The highest BCUT2D eigenvalue weighted by Gasteiger charge is 2.16. The summed E-state index contributed by atoms with van der Waals surface area (Å²) in [5.74, 6) is -0.402. The fraction of sp³-hybridized carbons (Fsp3) is 0.133. The SMILES string of the molecule is C[C@@H](Oc1ccc(F)cc1)C(=O)Nc1ccccc1O. The zero-order chi connectivity index (χ0) is 14.5. The van der Waals surface area contributed by atoms with Gasteiger partial charge in [0.15, 0.2) is 6.10 Å². The van der Waals surface area contributed by atoms with E-state index < -0.39 is 12.0 Å². The number of halogens is 1. The number of aromatic hydroxyl groups is 1. The van der Waals surface area contributed by atoms with Crippen LogP contribution in [0, 0.1) is 5.82 Å². The van der Waals surface area contributed by atoms with Crippen LogP contribution < -0.4 is 10.1 Å². The first-order chi connectivity index (χ1) is 9.56. The lowest BCUT2D eigenvalue weighted by Gasteiger charge is -2.15. The molecule has 2 aromatic rings. The average Bonchev–Trinajstić information content (AvgIpc) is 2.44. The summed E-state index contributed by atoms with van der Waals surface area (Å²) in [6.07, 6.45) is -0.778. The zero-order valence-electron chi connectivity index (χ0n) is 10.8. The molecule has 0 aliphatic carbocycles. The quantitative estimate of drug-likeness (QED) is 0.843. The number of phenolic OH excluding ortho intramolecular Hbond substituents is 1. The molecule has 0 heterocycles. The van der Waals surface area contributed by atoms with E-state index >= 15 is 0 Å². The van der Waals surface area contributed by atoms with E-state index in [9.17, 15) is 14.3 Å². The van der Waals surface area contributed by atoms with Crippen molar-refractivity contribution < 1.29 is 19.0 Å². The lowest BCUT2D eigenvalue weighted by molar-refractivity contribution is -0.122. The summed E-state index contributed by atoms with van der Waals surface area (Å²) in [6.45, 7) is 1.57. The highest BCUT2D eigenvalue weighted by Crippen LogP contribution is 2.22. The topological polar surface area (TPSA) is 58.6 Å². The first-order valence-corrected chi connectivity index (χ1v) is 6.07. The minimum Gasteiger partial charge on any atom is -0.506 e. The number of hydrogen-bond acceptors (Lipinski definition) is 3. The van der Waals surface area contributed by atoms with Gasteiger partial charge >= 0.3 is 0 Å². The Labute approximate surface area is 115 Å². The number of rotatable bonds is 4. The molecular weight excluding hydrogens is 261 g/mol.